The van der Waals surface area contributed by atoms with Crippen molar-refractivity contribution in [3.63, 3.8) is 0 Å². The summed E-state index contributed by atoms with van der Waals surface area (Å²) in [6.07, 6.45) is 0. The smallest absolute Gasteiger partial charge is 0.326 e. The molecule has 6 heteroatoms. The summed E-state index contributed by atoms with van der Waals surface area (Å²) in [5.74, 6) is 0. The highest BCUT2D eigenvalue weighted by molar-refractivity contribution is 6.49. The van der Waals surface area contributed by atoms with Gasteiger partial charge in [0.05, 0.1) is 0 Å². The van der Waals surface area contributed by atoms with Gasteiger partial charge < -0.3 is 19.1 Å². The quantitative estimate of drug-likeness (QED) is 0.579. The summed E-state index contributed by atoms with van der Waals surface area (Å²) < 4.78 is 6.81. The Bertz CT molecular complexity index is 78.5. The lowest BCUT2D eigenvalue weighted by Gasteiger charge is -2.31. The Labute approximate surface area is 81.7 Å². The molecule has 72 valence electrons. The fourth-order valence-corrected chi connectivity index (χ4v) is 3.60. The van der Waals surface area contributed by atoms with Crippen molar-refractivity contribution in [3.05, 3.63) is 0 Å². The van der Waals surface area contributed by atoms with E-state index in [1.807, 2.05) is 0 Å². The van der Waals surface area contributed by atoms with Gasteiger partial charge in [-0.1, -0.05) is 0 Å². The lowest BCUT2D eigenvalue weighted by atomic mass is 11.2. The highest BCUT2D eigenvalue weighted by atomic mass is 28.3. The molecule has 0 aromatic rings. The molecule has 2 N–H and O–H groups in total. The van der Waals surface area contributed by atoms with Gasteiger partial charge in [0, 0.05) is 0 Å². The Morgan fingerprint density at radius 3 is 0.917 bits per heavy atom. The van der Waals surface area contributed by atoms with Crippen molar-refractivity contribution in [2.75, 3.05) is 42.3 Å². The Hall–Kier alpha value is 0.274. The minimum atomic E-state index is -0.596. The predicted molar refractivity (Wildman–Crippen MR) is 56.8 cm³/mol. The van der Waals surface area contributed by atoms with Gasteiger partial charge in [-0.3, -0.25) is 0 Å². The molecule has 0 amide bonds. The van der Waals surface area contributed by atoms with E-state index in [9.17, 15) is 0 Å². The van der Waals surface area contributed by atoms with E-state index in [1.165, 1.54) is 0 Å². The maximum Gasteiger partial charge on any atom is 0.326 e. The summed E-state index contributed by atoms with van der Waals surface area (Å²) in [7, 11) is 14.6. The predicted octanol–water partition coefficient (Wildman–Crippen LogP) is -1.32. The maximum absolute atomic E-state index is 4.31. The molecule has 0 rings (SSSR count). The van der Waals surface area contributed by atoms with Gasteiger partial charge in [0.25, 0.3) is 0 Å². The Morgan fingerprint density at radius 2 is 0.917 bits per heavy atom. The molecule has 0 aliphatic heterocycles. The van der Waals surface area contributed by atoms with Crippen LogP contribution in [0.2, 0.25) is 0 Å². The Kier molecular flexibility index (Phi) is 9.73. The zero-order valence-electron chi connectivity index (χ0n) is 8.92. The average Bonchev–Trinajstić information content (AvgIpc) is 1.88. The van der Waals surface area contributed by atoms with Crippen LogP contribution in [0, 0.1) is 0 Å². The van der Waals surface area contributed by atoms with Crippen LogP contribution in [0.3, 0.4) is 0 Å². The minimum absolute atomic E-state index is 0.596. The molecule has 0 heterocycles. The second-order valence-electron chi connectivity index (χ2n) is 2.98. The first kappa shape index (κ1) is 14.8. The molecular weight excluding hydrogens is 184 g/mol. The van der Waals surface area contributed by atoms with E-state index in [1.54, 1.807) is 0 Å². The van der Waals surface area contributed by atoms with Crippen molar-refractivity contribution in [2.45, 2.75) is 0 Å². The third kappa shape index (κ3) is 5.87. The van der Waals surface area contributed by atoms with E-state index in [0.717, 1.165) is 0 Å². The summed E-state index contributed by atoms with van der Waals surface area (Å²) in [6.45, 7) is 0. The van der Waals surface area contributed by atoms with Crippen LogP contribution in [0.15, 0.2) is 0 Å². The fraction of sp³-hybridized carbons (Fsp3) is 1.00. The Morgan fingerprint density at radius 1 is 0.750 bits per heavy atom. The summed E-state index contributed by atoms with van der Waals surface area (Å²) in [5.41, 5.74) is 0. The van der Waals surface area contributed by atoms with Crippen LogP contribution in [0.4, 0.5) is 0 Å². The zero-order chi connectivity index (χ0) is 10.3. The van der Waals surface area contributed by atoms with E-state index < -0.39 is 9.28 Å². The van der Waals surface area contributed by atoms with Gasteiger partial charge in [0.1, 0.15) is 10.4 Å². The molecule has 0 aliphatic rings. The van der Waals surface area contributed by atoms with Crippen molar-refractivity contribution in [1.82, 2.24) is 13.7 Å². The molecule has 0 aromatic carbocycles. The van der Waals surface area contributed by atoms with Gasteiger partial charge in [-0.2, -0.15) is 0 Å². The summed E-state index contributed by atoms with van der Waals surface area (Å²) in [5, 5.41) is 4.31. The van der Waals surface area contributed by atoms with Crippen LogP contribution in [0.1, 0.15) is 0 Å². The minimum Gasteiger partial charge on any atom is -0.354 e. The second kappa shape index (κ2) is 7.90. The summed E-state index contributed by atoms with van der Waals surface area (Å²) in [4.78, 5) is 0. The molecule has 4 nitrogen and oxygen atoms in total. The molecule has 0 bridgehead atoms. The molecule has 0 saturated heterocycles. The van der Waals surface area contributed by atoms with E-state index in [0.29, 0.717) is 0 Å². The standard InChI is InChI=1S/C6H18N3Si.H2NSi/c1-7(2)10(8(3)4)9(5)6;1-2/h1-6H3;1H2. The largest absolute Gasteiger partial charge is 0.354 e. The van der Waals surface area contributed by atoms with Gasteiger partial charge in [-0.25, -0.2) is 0 Å². The van der Waals surface area contributed by atoms with Crippen molar-refractivity contribution >= 4 is 19.7 Å². The lowest BCUT2D eigenvalue weighted by Crippen LogP contribution is -2.55. The molecule has 0 aliphatic carbocycles. The molecule has 0 atom stereocenters. The maximum atomic E-state index is 4.31. The van der Waals surface area contributed by atoms with Crippen molar-refractivity contribution in [1.29, 1.82) is 0 Å². The van der Waals surface area contributed by atoms with E-state index in [-0.39, 0.29) is 0 Å². The van der Waals surface area contributed by atoms with Crippen molar-refractivity contribution in [2.24, 2.45) is 5.40 Å². The highest BCUT2D eigenvalue weighted by Gasteiger charge is 2.20. The van der Waals surface area contributed by atoms with Gasteiger partial charge >= 0.3 is 9.28 Å². The number of nitrogens with two attached hydrogens (primary N) is 1. The SMILES string of the molecule is CN(C)[Si](N(C)C)N(C)C.N[Si]. The number of hydrogen-bond donors (Lipinski definition) is 1. The molecule has 0 saturated carbocycles. The van der Waals surface area contributed by atoms with Crippen LogP contribution >= 0.6 is 0 Å². The van der Waals surface area contributed by atoms with Crippen molar-refractivity contribution < 1.29 is 0 Å². The van der Waals surface area contributed by atoms with E-state index >= 15 is 0 Å². The number of hydrogen-bond acceptors (Lipinski definition) is 4. The fourth-order valence-electron chi connectivity index (χ4n) is 1.20. The van der Waals surface area contributed by atoms with Gasteiger partial charge in [-0.15, -0.1) is 0 Å². The molecule has 0 spiro atoms. The average molecular weight is 204 g/mol. The summed E-state index contributed by atoms with van der Waals surface area (Å²) >= 11 is 0. The highest BCUT2D eigenvalue weighted by Crippen LogP contribution is 1.93. The van der Waals surface area contributed by atoms with Crippen molar-refractivity contribution in [3.8, 4) is 0 Å². The molecule has 0 unspecified atom stereocenters. The van der Waals surface area contributed by atoms with Gasteiger partial charge in [0.2, 0.25) is 0 Å². The summed E-state index contributed by atoms with van der Waals surface area (Å²) in [6, 6.07) is 0. The second-order valence-corrected chi connectivity index (χ2v) is 6.27. The topological polar surface area (TPSA) is 35.7 Å². The first-order valence-corrected chi connectivity index (χ1v) is 5.56. The molecule has 0 fully saturated rings. The normalized spacial score (nSPS) is 11.0. The molecule has 4 radical (unpaired) electrons. The Balaban J connectivity index is 0. The van der Waals surface area contributed by atoms with Crippen LogP contribution in [-0.2, 0) is 0 Å². The first-order chi connectivity index (χ1) is 5.46. The number of rotatable bonds is 3. The van der Waals surface area contributed by atoms with Crippen LogP contribution in [-0.4, -0.2) is 75.7 Å². The monoisotopic (exact) mass is 204 g/mol. The van der Waals surface area contributed by atoms with E-state index in [2.05, 4.69) is 71.8 Å². The number of nitrogens with zero attached hydrogens (tertiary/aromatic N) is 3. The van der Waals surface area contributed by atoms with Crippen LogP contribution in [0.5, 0.6) is 0 Å². The van der Waals surface area contributed by atoms with Crippen LogP contribution < -0.4 is 5.40 Å². The van der Waals surface area contributed by atoms with E-state index in [4.69, 9.17) is 0 Å². The molecule has 12 heavy (non-hydrogen) atoms. The molecule has 0 aromatic heterocycles. The third-order valence-corrected chi connectivity index (χ3v) is 3.60. The van der Waals surface area contributed by atoms with Gasteiger partial charge in [-0.05, 0) is 42.3 Å². The first-order valence-electron chi connectivity index (χ1n) is 3.64. The lowest BCUT2D eigenvalue weighted by molar-refractivity contribution is 0.420. The molecular formula is C6H20N4Si2. The van der Waals surface area contributed by atoms with Gasteiger partial charge in [0.15, 0.2) is 0 Å². The third-order valence-electron chi connectivity index (χ3n) is 1.20. The van der Waals surface area contributed by atoms with Crippen LogP contribution in [0.25, 0.3) is 0 Å². The zero-order valence-corrected chi connectivity index (χ0v) is 10.9.